The second-order valence-corrected chi connectivity index (χ2v) is 10.3. The summed E-state index contributed by atoms with van der Waals surface area (Å²) in [4.78, 5) is 48.1. The van der Waals surface area contributed by atoms with E-state index in [1.807, 2.05) is 37.3 Å². The van der Waals surface area contributed by atoms with E-state index in [-0.39, 0.29) is 10.6 Å². The van der Waals surface area contributed by atoms with Crippen molar-refractivity contribution in [2.75, 3.05) is 17.1 Å². The Morgan fingerprint density at radius 3 is 2.43 bits per heavy atom. The molecule has 0 radical (unpaired) electrons. The summed E-state index contributed by atoms with van der Waals surface area (Å²) in [6.07, 6.45) is -1.09. The zero-order chi connectivity index (χ0) is 25.0. The molecule has 2 fully saturated rings. The number of benzene rings is 2. The van der Waals surface area contributed by atoms with Crippen LogP contribution in [0.25, 0.3) is 0 Å². The van der Waals surface area contributed by atoms with E-state index in [1.54, 1.807) is 30.2 Å². The topological polar surface area (TPSA) is 76.2 Å². The molecule has 0 N–H and O–H groups in total. The minimum absolute atomic E-state index is 0.206. The second kappa shape index (κ2) is 8.95. The van der Waals surface area contributed by atoms with Gasteiger partial charge < -0.3 is 4.74 Å². The van der Waals surface area contributed by atoms with Crippen LogP contribution in [0.3, 0.4) is 0 Å². The van der Waals surface area contributed by atoms with Crippen LogP contribution in [0.5, 0.6) is 0 Å². The number of nitrogens with zero attached hydrogens (tertiary/aromatic N) is 2. The number of ether oxygens (including phenoxy) is 1. The zero-order valence-corrected chi connectivity index (χ0v) is 21.3. The number of rotatable bonds is 4. The van der Waals surface area contributed by atoms with E-state index < -0.39 is 35.8 Å². The van der Waals surface area contributed by atoms with Crippen molar-refractivity contribution in [1.29, 1.82) is 0 Å². The van der Waals surface area contributed by atoms with Crippen LogP contribution in [0.2, 0.25) is 10.0 Å². The van der Waals surface area contributed by atoms with Crippen molar-refractivity contribution in [3.63, 3.8) is 0 Å². The number of para-hydroxylation sites is 1. The van der Waals surface area contributed by atoms with Crippen molar-refractivity contribution in [3.8, 4) is 0 Å². The van der Waals surface area contributed by atoms with Gasteiger partial charge in [-0.05, 0) is 49.2 Å². The fraction of sp³-hybridized carbons (Fsp3) is 0.240. The Morgan fingerprint density at radius 2 is 1.77 bits per heavy atom. The van der Waals surface area contributed by atoms with Gasteiger partial charge in [0.05, 0.1) is 24.4 Å². The van der Waals surface area contributed by atoms with Crippen LogP contribution in [0.15, 0.2) is 48.5 Å². The molecular formula is C25H20Cl2N2O5S. The maximum absolute atomic E-state index is 13.9. The number of imide groups is 1. The van der Waals surface area contributed by atoms with Crippen LogP contribution >= 0.6 is 34.5 Å². The molecule has 0 unspecified atom stereocenters. The van der Waals surface area contributed by atoms with E-state index in [2.05, 4.69) is 0 Å². The van der Waals surface area contributed by atoms with Gasteiger partial charge in [-0.2, -0.15) is 0 Å². The molecule has 3 atom stereocenters. The third kappa shape index (κ3) is 3.72. The summed E-state index contributed by atoms with van der Waals surface area (Å²) < 4.78 is 4.94. The highest BCUT2D eigenvalue weighted by atomic mass is 35.5. The molecule has 2 aliphatic rings. The van der Waals surface area contributed by atoms with Gasteiger partial charge in [-0.15, -0.1) is 11.3 Å². The first kappa shape index (κ1) is 23.8. The Labute approximate surface area is 215 Å². The first-order valence-corrected chi connectivity index (χ1v) is 12.3. The molecule has 2 aromatic carbocycles. The van der Waals surface area contributed by atoms with Gasteiger partial charge in [0, 0.05) is 14.9 Å². The average Bonchev–Trinajstić information content (AvgIpc) is 3.44. The standard InChI is InChI=1S/C25H20Cl2N2O5S/c1-12-13(2)35-24(18(12)25(32)33-3)28-22(30)19-20(16-10-9-14(26)11-17(16)27)29(34-21(19)23(28)31)15-7-5-4-6-8-15/h4-11,19-21H,1-3H3/t19-,20-,21+/m1/s1. The summed E-state index contributed by atoms with van der Waals surface area (Å²) in [6.45, 7) is 3.59. The monoisotopic (exact) mass is 530 g/mol. The molecule has 35 heavy (non-hydrogen) atoms. The van der Waals surface area contributed by atoms with E-state index in [4.69, 9.17) is 32.8 Å². The van der Waals surface area contributed by atoms with Gasteiger partial charge >= 0.3 is 5.97 Å². The molecule has 5 rings (SSSR count). The Bertz CT molecular complexity index is 1360. The number of hydroxylamine groups is 1. The molecule has 0 bridgehead atoms. The lowest BCUT2D eigenvalue weighted by molar-refractivity contribution is -0.126. The number of esters is 1. The first-order valence-electron chi connectivity index (χ1n) is 10.8. The number of thiophene rings is 1. The van der Waals surface area contributed by atoms with E-state index in [0.717, 1.165) is 9.78 Å². The minimum atomic E-state index is -1.09. The third-order valence-electron chi connectivity index (χ3n) is 6.37. The maximum Gasteiger partial charge on any atom is 0.341 e. The van der Waals surface area contributed by atoms with Gasteiger partial charge in [-0.3, -0.25) is 14.4 Å². The van der Waals surface area contributed by atoms with Crippen LogP contribution in [-0.4, -0.2) is 31.0 Å². The molecule has 2 saturated heterocycles. The van der Waals surface area contributed by atoms with Gasteiger partial charge in [-0.1, -0.05) is 47.5 Å². The fourth-order valence-corrected chi connectivity index (χ4v) is 6.25. The van der Waals surface area contributed by atoms with Crippen molar-refractivity contribution in [3.05, 3.63) is 80.1 Å². The molecule has 180 valence electrons. The van der Waals surface area contributed by atoms with Gasteiger partial charge in [-0.25, -0.2) is 14.8 Å². The minimum Gasteiger partial charge on any atom is -0.465 e. The third-order valence-corrected chi connectivity index (χ3v) is 8.12. The quantitative estimate of drug-likeness (QED) is 0.327. The van der Waals surface area contributed by atoms with Gasteiger partial charge in [0.25, 0.3) is 5.91 Å². The first-order chi connectivity index (χ1) is 16.7. The van der Waals surface area contributed by atoms with Crippen molar-refractivity contribution in [1.82, 2.24) is 0 Å². The van der Waals surface area contributed by atoms with Crippen molar-refractivity contribution in [2.45, 2.75) is 26.0 Å². The molecule has 2 aliphatic heterocycles. The summed E-state index contributed by atoms with van der Waals surface area (Å²) in [6, 6.07) is 13.5. The number of aryl methyl sites for hydroxylation is 1. The number of methoxy groups -OCH3 is 1. The van der Waals surface area contributed by atoms with Crippen LogP contribution in [-0.2, 0) is 19.2 Å². The molecule has 0 aliphatic carbocycles. The van der Waals surface area contributed by atoms with Crippen LogP contribution in [0.1, 0.15) is 32.4 Å². The molecular weight excluding hydrogens is 511 g/mol. The van der Waals surface area contributed by atoms with Gasteiger partial charge in [0.2, 0.25) is 5.91 Å². The number of halogens is 2. The van der Waals surface area contributed by atoms with E-state index in [0.29, 0.717) is 26.9 Å². The van der Waals surface area contributed by atoms with Crippen molar-refractivity contribution >= 4 is 63.0 Å². The Kier molecular flexibility index (Phi) is 6.09. The van der Waals surface area contributed by atoms with Crippen molar-refractivity contribution < 1.29 is 24.0 Å². The molecule has 3 aromatic rings. The average molecular weight is 531 g/mol. The highest BCUT2D eigenvalue weighted by molar-refractivity contribution is 7.17. The lowest BCUT2D eigenvalue weighted by Gasteiger charge is -2.29. The number of amides is 2. The Hall–Kier alpha value is -2.91. The highest BCUT2D eigenvalue weighted by Crippen LogP contribution is 2.50. The van der Waals surface area contributed by atoms with Crippen LogP contribution in [0, 0.1) is 19.8 Å². The molecule has 1 aromatic heterocycles. The normalized spacial score (nSPS) is 21.6. The van der Waals surface area contributed by atoms with E-state index in [9.17, 15) is 14.4 Å². The number of carbonyl (C=O) groups is 3. The van der Waals surface area contributed by atoms with Gasteiger partial charge in [0.1, 0.15) is 10.9 Å². The van der Waals surface area contributed by atoms with Crippen molar-refractivity contribution in [2.24, 2.45) is 5.92 Å². The molecule has 10 heteroatoms. The zero-order valence-electron chi connectivity index (χ0n) is 19.0. The lowest BCUT2D eigenvalue weighted by atomic mass is 9.90. The number of fused-ring (bicyclic) bond motifs is 1. The summed E-state index contributed by atoms with van der Waals surface area (Å²) in [7, 11) is 1.26. The molecule has 7 nitrogen and oxygen atoms in total. The highest BCUT2D eigenvalue weighted by Gasteiger charge is 2.61. The Morgan fingerprint density at radius 1 is 1.06 bits per heavy atom. The number of hydrogen-bond acceptors (Lipinski definition) is 7. The van der Waals surface area contributed by atoms with Crippen LogP contribution < -0.4 is 9.96 Å². The smallest absolute Gasteiger partial charge is 0.341 e. The summed E-state index contributed by atoms with van der Waals surface area (Å²) in [5.41, 5.74) is 2.14. The number of hydrogen-bond donors (Lipinski definition) is 0. The predicted octanol–water partition coefficient (Wildman–Crippen LogP) is 5.51. The Balaban J connectivity index is 1.63. The molecule has 2 amide bonds. The second-order valence-electron chi connectivity index (χ2n) is 8.29. The summed E-state index contributed by atoms with van der Waals surface area (Å²) in [5.74, 6) is -2.51. The number of anilines is 2. The largest absolute Gasteiger partial charge is 0.465 e. The summed E-state index contributed by atoms with van der Waals surface area (Å²) in [5, 5.41) is 2.60. The maximum atomic E-state index is 13.9. The number of carbonyl (C=O) groups excluding carboxylic acids is 3. The summed E-state index contributed by atoms with van der Waals surface area (Å²) >= 11 is 13.9. The molecule has 0 spiro atoms. The van der Waals surface area contributed by atoms with Gasteiger partial charge in [0.15, 0.2) is 6.10 Å². The lowest BCUT2D eigenvalue weighted by Crippen LogP contribution is -2.37. The molecule has 3 heterocycles. The fourth-order valence-electron chi connectivity index (χ4n) is 4.58. The van der Waals surface area contributed by atoms with E-state index in [1.165, 1.54) is 18.4 Å². The molecule has 0 saturated carbocycles. The van der Waals surface area contributed by atoms with E-state index >= 15 is 0 Å². The predicted molar refractivity (Wildman–Crippen MR) is 134 cm³/mol. The SMILES string of the molecule is COC(=O)c1c(N2C(=O)[C@H]3[C@H](ON(c4ccccc4)[C@@H]3c3ccc(Cl)cc3Cl)C2=O)sc(C)c1C. The van der Waals surface area contributed by atoms with Crippen LogP contribution in [0.4, 0.5) is 10.7 Å².